The van der Waals surface area contributed by atoms with Gasteiger partial charge in [-0.05, 0) is 24.8 Å². The normalized spacial score (nSPS) is 17.3. The van der Waals surface area contributed by atoms with Crippen LogP contribution in [-0.2, 0) is 12.8 Å². The highest BCUT2D eigenvalue weighted by Crippen LogP contribution is 2.15. The molecule has 0 saturated carbocycles. The SMILES string of the molecule is Cn1ncnc1CSCC1CNC1. The zero-order chi connectivity index (χ0) is 9.10. The molecule has 1 aromatic rings. The van der Waals surface area contributed by atoms with Crippen LogP contribution in [-0.4, -0.2) is 33.6 Å². The number of aromatic nitrogens is 3. The molecule has 4 nitrogen and oxygen atoms in total. The highest BCUT2D eigenvalue weighted by molar-refractivity contribution is 7.98. The molecule has 2 heterocycles. The maximum atomic E-state index is 4.17. The van der Waals surface area contributed by atoms with Crippen molar-refractivity contribution >= 4 is 11.8 Å². The minimum atomic E-state index is 0.873. The molecule has 0 amide bonds. The van der Waals surface area contributed by atoms with Crippen molar-refractivity contribution in [3.63, 3.8) is 0 Å². The first-order valence-electron chi connectivity index (χ1n) is 4.47. The van der Waals surface area contributed by atoms with Crippen LogP contribution in [0.3, 0.4) is 0 Å². The topological polar surface area (TPSA) is 42.7 Å². The van der Waals surface area contributed by atoms with Crippen molar-refractivity contribution in [2.24, 2.45) is 13.0 Å². The van der Waals surface area contributed by atoms with E-state index in [9.17, 15) is 0 Å². The third-order valence-corrected chi connectivity index (χ3v) is 3.43. The average molecular weight is 198 g/mol. The minimum absolute atomic E-state index is 0.873. The van der Waals surface area contributed by atoms with Gasteiger partial charge in [-0.15, -0.1) is 0 Å². The standard InChI is InChI=1S/C8H14N4S/c1-12-8(10-6-11-12)5-13-4-7-2-9-3-7/h6-7,9H,2-5H2,1H3. The fraction of sp³-hybridized carbons (Fsp3) is 0.750. The van der Waals surface area contributed by atoms with Crippen molar-refractivity contribution in [1.82, 2.24) is 20.1 Å². The molecular weight excluding hydrogens is 184 g/mol. The Bertz CT molecular complexity index is 269. The number of nitrogens with zero attached hydrogens (tertiary/aromatic N) is 3. The van der Waals surface area contributed by atoms with E-state index >= 15 is 0 Å². The van der Waals surface area contributed by atoms with E-state index in [0.717, 1.165) is 17.5 Å². The second-order valence-corrected chi connectivity index (χ2v) is 4.37. The van der Waals surface area contributed by atoms with E-state index in [1.165, 1.54) is 18.8 Å². The van der Waals surface area contributed by atoms with E-state index in [1.54, 1.807) is 6.33 Å². The highest BCUT2D eigenvalue weighted by Gasteiger charge is 2.16. The van der Waals surface area contributed by atoms with Crippen LogP contribution in [0.4, 0.5) is 0 Å². The Hall–Kier alpha value is -0.550. The Morgan fingerprint density at radius 3 is 3.08 bits per heavy atom. The third kappa shape index (κ3) is 2.22. The van der Waals surface area contributed by atoms with Crippen LogP contribution < -0.4 is 5.32 Å². The monoisotopic (exact) mass is 198 g/mol. The lowest BCUT2D eigenvalue weighted by Gasteiger charge is -2.26. The van der Waals surface area contributed by atoms with Crippen molar-refractivity contribution in [1.29, 1.82) is 0 Å². The fourth-order valence-corrected chi connectivity index (χ4v) is 2.36. The van der Waals surface area contributed by atoms with Gasteiger partial charge in [-0.3, -0.25) is 4.68 Å². The lowest BCUT2D eigenvalue weighted by atomic mass is 10.1. The van der Waals surface area contributed by atoms with Gasteiger partial charge in [0, 0.05) is 7.05 Å². The Labute approximate surface area is 82.1 Å². The summed E-state index contributed by atoms with van der Waals surface area (Å²) in [5.74, 6) is 4.16. The van der Waals surface area contributed by atoms with Crippen LogP contribution in [0.15, 0.2) is 6.33 Å². The molecule has 1 aromatic heterocycles. The van der Waals surface area contributed by atoms with E-state index < -0.39 is 0 Å². The lowest BCUT2D eigenvalue weighted by Crippen LogP contribution is -2.43. The Kier molecular flexibility index (Phi) is 2.85. The van der Waals surface area contributed by atoms with E-state index in [1.807, 2.05) is 23.5 Å². The van der Waals surface area contributed by atoms with E-state index in [0.29, 0.717) is 0 Å². The van der Waals surface area contributed by atoms with Gasteiger partial charge in [0.1, 0.15) is 12.2 Å². The summed E-state index contributed by atoms with van der Waals surface area (Å²) in [7, 11) is 1.94. The van der Waals surface area contributed by atoms with Crippen LogP contribution in [0.2, 0.25) is 0 Å². The van der Waals surface area contributed by atoms with Gasteiger partial charge in [0.25, 0.3) is 0 Å². The Morgan fingerprint density at radius 2 is 2.54 bits per heavy atom. The largest absolute Gasteiger partial charge is 0.316 e. The number of nitrogens with one attached hydrogen (secondary N) is 1. The molecule has 13 heavy (non-hydrogen) atoms. The number of hydrogen-bond acceptors (Lipinski definition) is 4. The van der Waals surface area contributed by atoms with Crippen LogP contribution in [0.1, 0.15) is 5.82 Å². The zero-order valence-electron chi connectivity index (χ0n) is 7.73. The molecule has 72 valence electrons. The number of thioether (sulfide) groups is 1. The lowest BCUT2D eigenvalue weighted by molar-refractivity contribution is 0.385. The quantitative estimate of drug-likeness (QED) is 0.754. The smallest absolute Gasteiger partial charge is 0.138 e. The molecule has 0 aromatic carbocycles. The second-order valence-electron chi connectivity index (χ2n) is 3.34. The zero-order valence-corrected chi connectivity index (χ0v) is 8.55. The van der Waals surface area contributed by atoms with Gasteiger partial charge in [0.15, 0.2) is 0 Å². The molecule has 0 bridgehead atoms. The number of hydrogen-bond donors (Lipinski definition) is 1. The van der Waals surface area contributed by atoms with Gasteiger partial charge in [-0.1, -0.05) is 0 Å². The number of rotatable bonds is 4. The Balaban J connectivity index is 1.70. The van der Waals surface area contributed by atoms with Gasteiger partial charge in [0.2, 0.25) is 0 Å². The van der Waals surface area contributed by atoms with Crippen LogP contribution in [0.5, 0.6) is 0 Å². The van der Waals surface area contributed by atoms with Crippen molar-refractivity contribution in [3.05, 3.63) is 12.2 Å². The first-order valence-corrected chi connectivity index (χ1v) is 5.63. The summed E-state index contributed by atoms with van der Waals surface area (Å²) >= 11 is 1.95. The fourth-order valence-electron chi connectivity index (χ4n) is 1.23. The van der Waals surface area contributed by atoms with Crippen LogP contribution in [0, 0.1) is 5.92 Å². The maximum Gasteiger partial charge on any atom is 0.138 e. The molecule has 5 heteroatoms. The molecule has 1 saturated heterocycles. The first kappa shape index (κ1) is 9.02. The molecule has 0 atom stereocenters. The van der Waals surface area contributed by atoms with E-state index in [-0.39, 0.29) is 0 Å². The van der Waals surface area contributed by atoms with Gasteiger partial charge in [0.05, 0.1) is 5.75 Å². The molecular formula is C8H14N4S. The van der Waals surface area contributed by atoms with Gasteiger partial charge in [-0.2, -0.15) is 16.9 Å². The minimum Gasteiger partial charge on any atom is -0.316 e. The van der Waals surface area contributed by atoms with Crippen molar-refractivity contribution in [2.75, 3.05) is 18.8 Å². The summed E-state index contributed by atoms with van der Waals surface area (Å²) in [6.45, 7) is 2.37. The molecule has 0 aliphatic carbocycles. The van der Waals surface area contributed by atoms with Gasteiger partial charge >= 0.3 is 0 Å². The summed E-state index contributed by atoms with van der Waals surface area (Å²) < 4.78 is 1.84. The maximum absolute atomic E-state index is 4.17. The predicted molar refractivity (Wildman–Crippen MR) is 53.5 cm³/mol. The number of aryl methyl sites for hydroxylation is 1. The van der Waals surface area contributed by atoms with Gasteiger partial charge < -0.3 is 5.32 Å². The molecule has 0 unspecified atom stereocenters. The van der Waals surface area contributed by atoms with Crippen LogP contribution in [0.25, 0.3) is 0 Å². The molecule has 2 rings (SSSR count). The molecule has 1 aliphatic heterocycles. The first-order chi connectivity index (χ1) is 6.36. The molecule has 1 N–H and O–H groups in total. The van der Waals surface area contributed by atoms with Crippen molar-refractivity contribution in [2.45, 2.75) is 5.75 Å². The van der Waals surface area contributed by atoms with Crippen molar-refractivity contribution < 1.29 is 0 Å². The average Bonchev–Trinajstić information content (AvgIpc) is 2.42. The summed E-state index contributed by atoms with van der Waals surface area (Å²) in [5.41, 5.74) is 0. The molecule has 0 radical (unpaired) electrons. The third-order valence-electron chi connectivity index (χ3n) is 2.26. The van der Waals surface area contributed by atoms with Crippen molar-refractivity contribution in [3.8, 4) is 0 Å². The highest BCUT2D eigenvalue weighted by atomic mass is 32.2. The summed E-state index contributed by atoms with van der Waals surface area (Å²) in [6.07, 6.45) is 1.61. The van der Waals surface area contributed by atoms with Gasteiger partial charge in [-0.25, -0.2) is 4.98 Å². The van der Waals surface area contributed by atoms with E-state index in [2.05, 4.69) is 15.4 Å². The van der Waals surface area contributed by atoms with Crippen LogP contribution >= 0.6 is 11.8 Å². The molecule has 1 fully saturated rings. The summed E-state index contributed by atoms with van der Waals surface area (Å²) in [5, 5.41) is 7.30. The molecule has 0 spiro atoms. The summed E-state index contributed by atoms with van der Waals surface area (Å²) in [6, 6.07) is 0. The predicted octanol–water partition coefficient (Wildman–Crippen LogP) is 0.268. The molecule has 1 aliphatic rings. The Morgan fingerprint density at radius 1 is 1.69 bits per heavy atom. The second kappa shape index (κ2) is 4.11. The summed E-state index contributed by atoms with van der Waals surface area (Å²) in [4.78, 5) is 4.17. The van der Waals surface area contributed by atoms with E-state index in [4.69, 9.17) is 0 Å².